The van der Waals surface area contributed by atoms with E-state index in [0.717, 1.165) is 14.6 Å². The van der Waals surface area contributed by atoms with Crippen LogP contribution in [0, 0.1) is 0 Å². The normalized spacial score (nSPS) is 16.4. The Morgan fingerprint density at radius 1 is 1.24 bits per heavy atom. The molecule has 0 aromatic heterocycles. The van der Waals surface area contributed by atoms with Crippen molar-refractivity contribution < 1.29 is 9.53 Å². The van der Waals surface area contributed by atoms with Crippen LogP contribution in [-0.4, -0.2) is 18.6 Å². The Bertz CT molecular complexity index is 691. The Morgan fingerprint density at radius 2 is 2.05 bits per heavy atom. The lowest BCUT2D eigenvalue weighted by molar-refractivity contribution is -0.122. The monoisotopic (exact) mass is 410 g/mol. The third-order valence-corrected chi connectivity index (χ3v) is 4.26. The fraction of sp³-hybridized carbons (Fsp3) is 0.133. The van der Waals surface area contributed by atoms with E-state index in [-0.39, 0.29) is 5.91 Å². The van der Waals surface area contributed by atoms with Gasteiger partial charge in [-0.1, -0.05) is 28.1 Å². The summed E-state index contributed by atoms with van der Waals surface area (Å²) in [6, 6.07) is 13.2. The average molecular weight is 412 g/mol. The van der Waals surface area contributed by atoms with Crippen molar-refractivity contribution in [3.8, 4) is 5.75 Å². The molecule has 0 fully saturated rings. The van der Waals surface area contributed by atoms with Crippen LogP contribution < -0.4 is 15.4 Å². The largest absolute Gasteiger partial charge is 0.477 e. The molecular weight excluding hydrogens is 400 g/mol. The van der Waals surface area contributed by atoms with E-state index in [1.54, 1.807) is 0 Å². The van der Waals surface area contributed by atoms with E-state index >= 15 is 0 Å². The van der Waals surface area contributed by atoms with Gasteiger partial charge in [0.15, 0.2) is 6.10 Å². The van der Waals surface area contributed by atoms with Crippen LogP contribution in [0.2, 0.25) is 0 Å². The van der Waals surface area contributed by atoms with Crippen molar-refractivity contribution in [2.45, 2.75) is 6.10 Å². The molecule has 0 spiro atoms. The van der Waals surface area contributed by atoms with E-state index in [0.29, 0.717) is 18.0 Å². The minimum Gasteiger partial charge on any atom is -0.477 e. The number of ether oxygens (including phenoxy) is 1. The summed E-state index contributed by atoms with van der Waals surface area (Å²) >= 11 is 6.80. The van der Waals surface area contributed by atoms with Gasteiger partial charge in [0, 0.05) is 8.95 Å². The van der Waals surface area contributed by atoms with Crippen molar-refractivity contribution in [3.05, 3.63) is 51.4 Å². The highest BCUT2D eigenvalue weighted by Crippen LogP contribution is 2.30. The second kappa shape index (κ2) is 6.07. The van der Waals surface area contributed by atoms with Gasteiger partial charge in [-0.15, -0.1) is 0 Å². The third kappa shape index (κ3) is 3.22. The van der Waals surface area contributed by atoms with Crippen LogP contribution in [0.3, 0.4) is 0 Å². The maximum Gasteiger partial charge on any atom is 0.267 e. The SMILES string of the molecule is O=C(Nc1ccc(Br)cc1Br)C1CNc2ccccc2O1. The van der Waals surface area contributed by atoms with Crippen molar-refractivity contribution in [2.75, 3.05) is 17.2 Å². The van der Waals surface area contributed by atoms with Gasteiger partial charge in [0.2, 0.25) is 0 Å². The number of hydrogen-bond acceptors (Lipinski definition) is 3. The summed E-state index contributed by atoms with van der Waals surface area (Å²) in [5, 5.41) is 6.06. The number of fused-ring (bicyclic) bond motifs is 1. The fourth-order valence-corrected chi connectivity index (χ4v) is 3.21. The predicted octanol–water partition coefficient (Wildman–Crippen LogP) is 4.02. The molecule has 0 radical (unpaired) electrons. The van der Waals surface area contributed by atoms with Crippen LogP contribution in [0.25, 0.3) is 0 Å². The van der Waals surface area contributed by atoms with Gasteiger partial charge in [0.1, 0.15) is 5.75 Å². The van der Waals surface area contributed by atoms with Gasteiger partial charge in [-0.3, -0.25) is 4.79 Å². The summed E-state index contributed by atoms with van der Waals surface area (Å²) in [4.78, 5) is 12.3. The third-order valence-electron chi connectivity index (χ3n) is 3.12. The Kier molecular flexibility index (Phi) is 4.17. The molecule has 0 bridgehead atoms. The Balaban J connectivity index is 1.72. The van der Waals surface area contributed by atoms with E-state index in [1.165, 1.54) is 0 Å². The molecule has 21 heavy (non-hydrogen) atoms. The van der Waals surface area contributed by atoms with Crippen LogP contribution in [0.1, 0.15) is 0 Å². The van der Waals surface area contributed by atoms with Crippen LogP contribution >= 0.6 is 31.9 Å². The molecule has 2 aromatic rings. The van der Waals surface area contributed by atoms with E-state index in [9.17, 15) is 4.79 Å². The van der Waals surface area contributed by atoms with Gasteiger partial charge in [-0.05, 0) is 46.3 Å². The number of amides is 1. The maximum atomic E-state index is 12.3. The minimum absolute atomic E-state index is 0.181. The summed E-state index contributed by atoms with van der Waals surface area (Å²) in [7, 11) is 0. The number of anilines is 2. The number of nitrogens with one attached hydrogen (secondary N) is 2. The van der Waals surface area contributed by atoms with E-state index < -0.39 is 6.10 Å². The van der Waals surface area contributed by atoms with Gasteiger partial charge in [0.05, 0.1) is 17.9 Å². The highest BCUT2D eigenvalue weighted by molar-refractivity contribution is 9.11. The zero-order valence-corrected chi connectivity index (χ0v) is 14.1. The van der Waals surface area contributed by atoms with E-state index in [4.69, 9.17) is 4.74 Å². The number of carbonyl (C=O) groups excluding carboxylic acids is 1. The smallest absolute Gasteiger partial charge is 0.267 e. The highest BCUT2D eigenvalue weighted by atomic mass is 79.9. The van der Waals surface area contributed by atoms with E-state index in [2.05, 4.69) is 42.5 Å². The first-order valence-corrected chi connectivity index (χ1v) is 7.97. The lowest BCUT2D eigenvalue weighted by atomic mass is 10.2. The minimum atomic E-state index is -0.560. The van der Waals surface area contributed by atoms with Gasteiger partial charge in [-0.25, -0.2) is 0 Å². The summed E-state index contributed by atoms with van der Waals surface area (Å²) in [5.41, 5.74) is 1.62. The Morgan fingerprint density at radius 3 is 2.86 bits per heavy atom. The van der Waals surface area contributed by atoms with Gasteiger partial charge in [-0.2, -0.15) is 0 Å². The zero-order chi connectivity index (χ0) is 14.8. The van der Waals surface area contributed by atoms with Crippen molar-refractivity contribution >= 4 is 49.1 Å². The van der Waals surface area contributed by atoms with Crippen molar-refractivity contribution in [3.63, 3.8) is 0 Å². The number of benzene rings is 2. The molecule has 1 amide bonds. The summed E-state index contributed by atoms with van der Waals surface area (Å²) in [6.45, 7) is 0.441. The number of carbonyl (C=O) groups is 1. The lowest BCUT2D eigenvalue weighted by Gasteiger charge is -2.26. The first-order chi connectivity index (χ1) is 10.1. The Labute approximate surface area is 139 Å². The maximum absolute atomic E-state index is 12.3. The molecule has 0 saturated heterocycles. The topological polar surface area (TPSA) is 50.4 Å². The zero-order valence-electron chi connectivity index (χ0n) is 10.9. The molecule has 4 nitrogen and oxygen atoms in total. The highest BCUT2D eigenvalue weighted by Gasteiger charge is 2.26. The molecule has 108 valence electrons. The first-order valence-electron chi connectivity index (χ1n) is 6.39. The molecule has 2 aromatic carbocycles. The molecule has 1 atom stereocenters. The molecule has 1 aliphatic rings. The van der Waals surface area contributed by atoms with Crippen LogP contribution in [0.5, 0.6) is 5.75 Å². The second-order valence-electron chi connectivity index (χ2n) is 4.60. The van der Waals surface area contributed by atoms with Gasteiger partial charge < -0.3 is 15.4 Å². The summed E-state index contributed by atoms with van der Waals surface area (Å²) in [5.74, 6) is 0.513. The molecule has 2 N–H and O–H groups in total. The van der Waals surface area contributed by atoms with Gasteiger partial charge >= 0.3 is 0 Å². The molecule has 6 heteroatoms. The summed E-state index contributed by atoms with van der Waals surface area (Å²) < 4.78 is 7.49. The molecule has 3 rings (SSSR count). The van der Waals surface area contributed by atoms with E-state index in [1.807, 2.05) is 42.5 Å². The quantitative estimate of drug-likeness (QED) is 0.784. The number of halogens is 2. The molecule has 0 aliphatic carbocycles. The van der Waals surface area contributed by atoms with Crippen molar-refractivity contribution in [2.24, 2.45) is 0 Å². The molecule has 1 heterocycles. The predicted molar refractivity (Wildman–Crippen MR) is 89.8 cm³/mol. The number of hydrogen-bond donors (Lipinski definition) is 2. The number of para-hydroxylation sites is 2. The second-order valence-corrected chi connectivity index (χ2v) is 6.37. The average Bonchev–Trinajstić information content (AvgIpc) is 2.49. The molecule has 0 saturated carbocycles. The van der Waals surface area contributed by atoms with Crippen molar-refractivity contribution in [1.29, 1.82) is 0 Å². The van der Waals surface area contributed by atoms with Crippen molar-refractivity contribution in [1.82, 2.24) is 0 Å². The molecule has 1 aliphatic heterocycles. The Hall–Kier alpha value is -1.53. The molecular formula is C15H12Br2N2O2. The van der Waals surface area contributed by atoms with Crippen LogP contribution in [0.4, 0.5) is 11.4 Å². The fourth-order valence-electron chi connectivity index (χ4n) is 2.06. The van der Waals surface area contributed by atoms with Gasteiger partial charge in [0.25, 0.3) is 5.91 Å². The van der Waals surface area contributed by atoms with Crippen LogP contribution in [-0.2, 0) is 4.79 Å². The molecule has 1 unspecified atom stereocenters. The number of rotatable bonds is 2. The van der Waals surface area contributed by atoms with Crippen LogP contribution in [0.15, 0.2) is 51.4 Å². The standard InChI is InChI=1S/C15H12Br2N2O2/c16-9-5-6-11(10(17)7-9)19-15(20)14-8-18-12-3-1-2-4-13(12)21-14/h1-7,14,18H,8H2,(H,19,20). The first kappa shape index (κ1) is 14.4. The summed E-state index contributed by atoms with van der Waals surface area (Å²) in [6.07, 6.45) is -0.560. The lowest BCUT2D eigenvalue weighted by Crippen LogP contribution is -2.41.